The van der Waals surface area contributed by atoms with Gasteiger partial charge in [0.1, 0.15) is 23.5 Å². The molecule has 2 heterocycles. The van der Waals surface area contributed by atoms with E-state index in [4.69, 9.17) is 9.47 Å². The molecule has 28 heavy (non-hydrogen) atoms. The zero-order valence-electron chi connectivity index (χ0n) is 15.6. The average Bonchev–Trinajstić information content (AvgIpc) is 3.19. The first-order chi connectivity index (χ1) is 13.5. The van der Waals surface area contributed by atoms with Crippen LogP contribution in [-0.2, 0) is 17.7 Å². The number of hydrogen-bond acceptors (Lipinski definition) is 4. The number of ether oxygens (including phenoxy) is 2. The summed E-state index contributed by atoms with van der Waals surface area (Å²) < 4.78 is 38.0. The Kier molecular flexibility index (Phi) is 5.17. The summed E-state index contributed by atoms with van der Waals surface area (Å²) in [6, 6.07) is 11.1. The smallest absolute Gasteiger partial charge is 0.410 e. The fraction of sp³-hybridized carbons (Fsp3) is 0.381. The standard InChI is InChI=1S/C21H22F2N2O3/c1-27-17-5-2-14(3-6-17)8-9-25-19-12-24(13-20(19)28-21(25)26)11-15-10-16(22)4-7-18(15)23/h2-7,10,19-20H,8-9,11-13H2,1H3/t19-,20+/m1/s1. The molecular weight excluding hydrogens is 366 g/mol. The fourth-order valence-corrected chi connectivity index (χ4v) is 3.91. The molecule has 2 fully saturated rings. The van der Waals surface area contributed by atoms with Crippen LogP contribution in [0.1, 0.15) is 11.1 Å². The van der Waals surface area contributed by atoms with E-state index in [1.165, 1.54) is 6.07 Å². The Morgan fingerprint density at radius 1 is 1.14 bits per heavy atom. The van der Waals surface area contributed by atoms with E-state index in [1.54, 1.807) is 12.0 Å². The molecule has 1 amide bonds. The van der Waals surface area contributed by atoms with Gasteiger partial charge in [0, 0.05) is 31.7 Å². The fourth-order valence-electron chi connectivity index (χ4n) is 3.91. The van der Waals surface area contributed by atoms with Gasteiger partial charge in [-0.3, -0.25) is 9.80 Å². The molecule has 2 aliphatic heterocycles. The molecule has 2 aromatic rings. The summed E-state index contributed by atoms with van der Waals surface area (Å²) in [6.45, 7) is 1.94. The number of nitrogens with zero attached hydrogens (tertiary/aromatic N) is 2. The first-order valence-electron chi connectivity index (χ1n) is 9.30. The van der Waals surface area contributed by atoms with E-state index in [2.05, 4.69) is 0 Å². The molecule has 0 radical (unpaired) electrons. The van der Waals surface area contributed by atoms with Gasteiger partial charge in [-0.15, -0.1) is 0 Å². The minimum Gasteiger partial charge on any atom is -0.497 e. The predicted molar refractivity (Wildman–Crippen MR) is 99.1 cm³/mol. The monoisotopic (exact) mass is 388 g/mol. The SMILES string of the molecule is COc1ccc(CCN2C(=O)O[C@H]3CN(Cc4cc(F)ccc4F)C[C@H]32)cc1. The molecule has 4 rings (SSSR count). The normalized spacial score (nSPS) is 21.7. The molecule has 2 atom stereocenters. The van der Waals surface area contributed by atoms with Crippen LogP contribution >= 0.6 is 0 Å². The van der Waals surface area contributed by atoms with Gasteiger partial charge >= 0.3 is 6.09 Å². The van der Waals surface area contributed by atoms with Crippen molar-refractivity contribution in [2.45, 2.75) is 25.1 Å². The lowest BCUT2D eigenvalue weighted by molar-refractivity contribution is 0.120. The van der Waals surface area contributed by atoms with Crippen molar-refractivity contribution in [1.29, 1.82) is 0 Å². The second-order valence-corrected chi connectivity index (χ2v) is 7.21. The summed E-state index contributed by atoms with van der Waals surface area (Å²) in [4.78, 5) is 16.0. The van der Waals surface area contributed by atoms with E-state index in [1.807, 2.05) is 29.2 Å². The highest BCUT2D eigenvalue weighted by Gasteiger charge is 2.47. The number of halogens is 2. The number of benzene rings is 2. The Morgan fingerprint density at radius 2 is 1.93 bits per heavy atom. The highest BCUT2D eigenvalue weighted by molar-refractivity contribution is 5.71. The third kappa shape index (κ3) is 3.80. The van der Waals surface area contributed by atoms with E-state index in [9.17, 15) is 13.6 Å². The van der Waals surface area contributed by atoms with E-state index in [-0.39, 0.29) is 18.2 Å². The van der Waals surface area contributed by atoms with Crippen molar-refractivity contribution in [2.24, 2.45) is 0 Å². The van der Waals surface area contributed by atoms with Crippen LogP contribution < -0.4 is 4.74 Å². The van der Waals surface area contributed by atoms with E-state index < -0.39 is 11.6 Å². The number of rotatable bonds is 6. The van der Waals surface area contributed by atoms with Crippen LogP contribution in [-0.4, -0.2) is 54.8 Å². The van der Waals surface area contributed by atoms with Crippen molar-refractivity contribution >= 4 is 6.09 Å². The largest absolute Gasteiger partial charge is 0.497 e. The molecule has 148 valence electrons. The lowest BCUT2D eigenvalue weighted by Gasteiger charge is -2.22. The molecule has 2 aliphatic rings. The highest BCUT2D eigenvalue weighted by Crippen LogP contribution is 2.28. The molecule has 0 unspecified atom stereocenters. The molecule has 0 bridgehead atoms. The Hall–Kier alpha value is -2.67. The Labute approximate surface area is 162 Å². The van der Waals surface area contributed by atoms with Crippen LogP contribution in [0.25, 0.3) is 0 Å². The molecule has 0 spiro atoms. The third-order valence-corrected chi connectivity index (χ3v) is 5.40. The topological polar surface area (TPSA) is 42.0 Å². The van der Waals surface area contributed by atoms with Gasteiger partial charge in [-0.2, -0.15) is 0 Å². The second kappa shape index (κ2) is 7.75. The Balaban J connectivity index is 1.37. The van der Waals surface area contributed by atoms with E-state index >= 15 is 0 Å². The number of hydrogen-bond donors (Lipinski definition) is 0. The number of carbonyl (C=O) groups is 1. The number of likely N-dealkylation sites (tertiary alicyclic amines) is 1. The number of carbonyl (C=O) groups excluding carboxylic acids is 1. The minimum absolute atomic E-state index is 0.0673. The van der Waals surface area contributed by atoms with Gasteiger partial charge in [0.05, 0.1) is 13.2 Å². The lowest BCUT2D eigenvalue weighted by Crippen LogP contribution is -2.39. The van der Waals surface area contributed by atoms with Crippen molar-refractivity contribution in [3.63, 3.8) is 0 Å². The van der Waals surface area contributed by atoms with Crippen molar-refractivity contribution in [3.8, 4) is 5.75 Å². The Morgan fingerprint density at radius 3 is 2.68 bits per heavy atom. The zero-order valence-corrected chi connectivity index (χ0v) is 15.6. The molecule has 0 saturated carbocycles. The molecule has 2 saturated heterocycles. The molecule has 0 aromatic heterocycles. The predicted octanol–water partition coefficient (Wildman–Crippen LogP) is 3.22. The Bertz CT molecular complexity index is 859. The van der Waals surface area contributed by atoms with Gasteiger partial charge in [0.15, 0.2) is 0 Å². The summed E-state index contributed by atoms with van der Waals surface area (Å²) >= 11 is 0. The third-order valence-electron chi connectivity index (χ3n) is 5.40. The van der Waals surface area contributed by atoms with E-state index in [0.29, 0.717) is 38.2 Å². The van der Waals surface area contributed by atoms with Crippen LogP contribution in [0.3, 0.4) is 0 Å². The highest BCUT2D eigenvalue weighted by atomic mass is 19.1. The van der Waals surface area contributed by atoms with Crippen LogP contribution in [0.5, 0.6) is 5.75 Å². The van der Waals surface area contributed by atoms with Gasteiger partial charge in [-0.1, -0.05) is 12.1 Å². The second-order valence-electron chi connectivity index (χ2n) is 7.21. The number of fused-ring (bicyclic) bond motifs is 1. The summed E-state index contributed by atoms with van der Waals surface area (Å²) in [5.41, 5.74) is 1.42. The van der Waals surface area contributed by atoms with Crippen molar-refractivity contribution in [3.05, 3.63) is 65.2 Å². The van der Waals surface area contributed by atoms with Crippen molar-refractivity contribution in [1.82, 2.24) is 9.80 Å². The molecule has 5 nitrogen and oxygen atoms in total. The van der Waals surface area contributed by atoms with Crippen molar-refractivity contribution < 1.29 is 23.0 Å². The first-order valence-corrected chi connectivity index (χ1v) is 9.30. The maximum Gasteiger partial charge on any atom is 0.410 e. The van der Waals surface area contributed by atoms with Gasteiger partial charge in [-0.25, -0.2) is 13.6 Å². The summed E-state index contributed by atoms with van der Waals surface area (Å²) in [7, 11) is 1.62. The van der Waals surface area contributed by atoms with Crippen LogP contribution in [0.15, 0.2) is 42.5 Å². The van der Waals surface area contributed by atoms with Gasteiger partial charge < -0.3 is 9.47 Å². The molecule has 7 heteroatoms. The number of amides is 1. The quantitative estimate of drug-likeness (QED) is 0.762. The van der Waals surface area contributed by atoms with E-state index in [0.717, 1.165) is 23.4 Å². The van der Waals surface area contributed by atoms with Crippen LogP contribution in [0.2, 0.25) is 0 Å². The molecular formula is C21H22F2N2O3. The van der Waals surface area contributed by atoms with Crippen molar-refractivity contribution in [2.75, 3.05) is 26.7 Å². The summed E-state index contributed by atoms with van der Waals surface area (Å²) in [5.74, 6) is -0.0874. The molecule has 0 N–H and O–H groups in total. The maximum absolute atomic E-state index is 13.9. The number of methoxy groups -OCH3 is 1. The maximum atomic E-state index is 13.9. The average molecular weight is 388 g/mol. The van der Waals surface area contributed by atoms with Gasteiger partial charge in [-0.05, 0) is 42.3 Å². The summed E-state index contributed by atoms with van der Waals surface area (Å²) in [5, 5.41) is 0. The summed E-state index contributed by atoms with van der Waals surface area (Å²) in [6.07, 6.45) is 0.168. The van der Waals surface area contributed by atoms with Crippen LogP contribution in [0.4, 0.5) is 13.6 Å². The zero-order chi connectivity index (χ0) is 19.7. The molecule has 0 aliphatic carbocycles. The molecule has 2 aromatic carbocycles. The van der Waals surface area contributed by atoms with Gasteiger partial charge in [0.25, 0.3) is 0 Å². The lowest BCUT2D eigenvalue weighted by atomic mass is 10.1. The van der Waals surface area contributed by atoms with Crippen LogP contribution in [0, 0.1) is 11.6 Å². The first kappa shape index (κ1) is 18.7. The minimum atomic E-state index is -0.455. The van der Waals surface area contributed by atoms with Gasteiger partial charge in [0.2, 0.25) is 0 Å².